The van der Waals surface area contributed by atoms with Crippen LogP contribution in [-0.4, -0.2) is 44.3 Å². The molecule has 0 saturated carbocycles. The Morgan fingerprint density at radius 3 is 2.15 bits per heavy atom. The summed E-state index contributed by atoms with van der Waals surface area (Å²) < 4.78 is 28.9. The largest absolute Gasteiger partial charge is 0.354 e. The van der Waals surface area contributed by atoms with Gasteiger partial charge in [0.2, 0.25) is 11.8 Å². The fourth-order valence-electron chi connectivity index (χ4n) is 4.16. The Morgan fingerprint density at radius 1 is 0.927 bits per heavy atom. The number of hydrogen-bond donors (Lipinski definition) is 1. The molecule has 3 rings (SSSR count). The van der Waals surface area contributed by atoms with Gasteiger partial charge in [0, 0.05) is 18.1 Å². The van der Waals surface area contributed by atoms with Crippen LogP contribution in [0.3, 0.4) is 0 Å². The lowest BCUT2D eigenvalue weighted by Gasteiger charge is -2.33. The number of hydrogen-bond acceptors (Lipinski definition) is 4. The molecule has 0 saturated heterocycles. The normalized spacial score (nSPS) is 12.2. The van der Waals surface area contributed by atoms with Crippen molar-refractivity contribution in [3.63, 3.8) is 0 Å². The Labute approximate surface area is 257 Å². The first-order valence-electron chi connectivity index (χ1n) is 13.2. The fraction of sp³-hybridized carbons (Fsp3) is 0.333. The van der Waals surface area contributed by atoms with Crippen molar-refractivity contribution in [3.8, 4) is 0 Å². The average Bonchev–Trinajstić information content (AvgIpc) is 2.93. The minimum atomic E-state index is -4.27. The first-order valence-corrected chi connectivity index (χ1v) is 15.8. The van der Waals surface area contributed by atoms with E-state index < -0.39 is 28.5 Å². The van der Waals surface area contributed by atoms with Gasteiger partial charge >= 0.3 is 0 Å². The number of anilines is 1. The molecule has 2 amide bonds. The molecule has 41 heavy (non-hydrogen) atoms. The molecule has 0 aliphatic heterocycles. The molecule has 0 aliphatic carbocycles. The van der Waals surface area contributed by atoms with Gasteiger partial charge in [-0.1, -0.05) is 91.5 Å². The highest BCUT2D eigenvalue weighted by atomic mass is 35.5. The SMILES string of the molecule is CC[C@@H](C(=O)NCC(C)C)N(Cc1ccc(Cl)cc1)C(=O)CN(c1cccc(Cl)c1Cl)S(=O)(=O)c1ccc(C)cc1. The number of rotatable bonds is 12. The summed E-state index contributed by atoms with van der Waals surface area (Å²) >= 11 is 18.8. The number of benzene rings is 3. The van der Waals surface area contributed by atoms with Gasteiger partial charge in [-0.05, 0) is 61.2 Å². The minimum Gasteiger partial charge on any atom is -0.354 e. The molecule has 3 aromatic rings. The van der Waals surface area contributed by atoms with E-state index >= 15 is 0 Å². The maximum Gasteiger partial charge on any atom is 0.264 e. The summed E-state index contributed by atoms with van der Waals surface area (Å²) in [5.74, 6) is -0.701. The summed E-state index contributed by atoms with van der Waals surface area (Å²) in [5, 5.41) is 3.56. The minimum absolute atomic E-state index is 0.0105. The van der Waals surface area contributed by atoms with Crippen molar-refractivity contribution in [1.82, 2.24) is 10.2 Å². The lowest BCUT2D eigenvalue weighted by atomic mass is 10.1. The Kier molecular flexibility index (Phi) is 11.5. The van der Waals surface area contributed by atoms with Crippen LogP contribution in [-0.2, 0) is 26.2 Å². The molecule has 11 heteroatoms. The van der Waals surface area contributed by atoms with E-state index in [4.69, 9.17) is 34.8 Å². The monoisotopic (exact) mass is 637 g/mol. The molecule has 0 unspecified atom stereocenters. The van der Waals surface area contributed by atoms with Crippen LogP contribution in [0.1, 0.15) is 38.3 Å². The van der Waals surface area contributed by atoms with Crippen molar-refractivity contribution in [2.75, 3.05) is 17.4 Å². The third-order valence-electron chi connectivity index (χ3n) is 6.42. The number of carbonyl (C=O) groups excluding carboxylic acids is 2. The van der Waals surface area contributed by atoms with E-state index in [1.165, 1.54) is 29.2 Å². The van der Waals surface area contributed by atoms with E-state index in [1.807, 2.05) is 20.8 Å². The van der Waals surface area contributed by atoms with Crippen molar-refractivity contribution < 1.29 is 18.0 Å². The van der Waals surface area contributed by atoms with E-state index in [0.29, 0.717) is 18.0 Å². The highest BCUT2D eigenvalue weighted by molar-refractivity contribution is 7.92. The number of amides is 2. The number of nitrogens with zero attached hydrogens (tertiary/aromatic N) is 2. The van der Waals surface area contributed by atoms with E-state index in [0.717, 1.165) is 15.4 Å². The molecule has 3 aromatic carbocycles. The van der Waals surface area contributed by atoms with Crippen molar-refractivity contribution >= 4 is 62.3 Å². The molecule has 1 atom stereocenters. The second-order valence-electron chi connectivity index (χ2n) is 10.1. The summed E-state index contributed by atoms with van der Waals surface area (Å²) in [6.45, 7) is 7.47. The van der Waals surface area contributed by atoms with Crippen LogP contribution in [0.25, 0.3) is 0 Å². The number of aryl methyl sites for hydroxylation is 1. The zero-order valence-corrected chi connectivity index (χ0v) is 26.5. The van der Waals surface area contributed by atoms with Gasteiger partial charge in [0.25, 0.3) is 10.0 Å². The summed E-state index contributed by atoms with van der Waals surface area (Å²) in [7, 11) is -4.27. The molecule has 0 bridgehead atoms. The molecule has 0 fully saturated rings. The van der Waals surface area contributed by atoms with Crippen LogP contribution in [0.2, 0.25) is 15.1 Å². The fourth-order valence-corrected chi connectivity index (χ4v) is 6.16. The van der Waals surface area contributed by atoms with Crippen molar-refractivity contribution in [2.45, 2.75) is 51.6 Å². The Morgan fingerprint density at radius 2 is 1.56 bits per heavy atom. The predicted molar refractivity (Wildman–Crippen MR) is 166 cm³/mol. The Hall–Kier alpha value is -2.78. The van der Waals surface area contributed by atoms with Gasteiger partial charge in [0.05, 0.1) is 20.6 Å². The first-order chi connectivity index (χ1) is 19.3. The molecule has 220 valence electrons. The van der Waals surface area contributed by atoms with Crippen LogP contribution in [0.5, 0.6) is 0 Å². The van der Waals surface area contributed by atoms with E-state index in [1.54, 1.807) is 49.4 Å². The number of sulfonamides is 1. The highest BCUT2D eigenvalue weighted by Crippen LogP contribution is 2.35. The standard InChI is InChI=1S/C30H34Cl3N3O4S/c1-5-26(30(38)34-17-20(2)3)35(18-22-11-13-23(31)14-12-22)28(37)19-36(27-8-6-7-25(32)29(27)33)41(39,40)24-15-9-21(4)10-16-24/h6-16,20,26H,5,17-19H2,1-4H3,(H,34,38)/t26-/m0/s1. The summed E-state index contributed by atoms with van der Waals surface area (Å²) in [6, 6.07) is 16.9. The second kappa shape index (κ2) is 14.4. The van der Waals surface area contributed by atoms with Crippen LogP contribution in [0.4, 0.5) is 5.69 Å². The number of carbonyl (C=O) groups is 2. The molecular weight excluding hydrogens is 605 g/mol. The van der Waals surface area contributed by atoms with Crippen molar-refractivity contribution in [1.29, 1.82) is 0 Å². The topological polar surface area (TPSA) is 86.8 Å². The van der Waals surface area contributed by atoms with Gasteiger partial charge in [-0.2, -0.15) is 0 Å². The van der Waals surface area contributed by atoms with E-state index in [-0.39, 0.29) is 39.0 Å². The predicted octanol–water partition coefficient (Wildman–Crippen LogP) is 6.73. The molecule has 0 radical (unpaired) electrons. The van der Waals surface area contributed by atoms with Crippen molar-refractivity contribution in [3.05, 3.63) is 92.9 Å². The van der Waals surface area contributed by atoms with Crippen molar-refractivity contribution in [2.24, 2.45) is 5.92 Å². The van der Waals surface area contributed by atoms with Crippen LogP contribution >= 0.6 is 34.8 Å². The average molecular weight is 639 g/mol. The summed E-state index contributed by atoms with van der Waals surface area (Å²) in [4.78, 5) is 28.8. The molecule has 0 spiro atoms. The van der Waals surface area contributed by atoms with Gasteiger partial charge in [-0.25, -0.2) is 8.42 Å². The third-order valence-corrected chi connectivity index (χ3v) is 9.26. The summed E-state index contributed by atoms with van der Waals surface area (Å²) in [5.41, 5.74) is 1.66. The molecule has 0 heterocycles. The van der Waals surface area contributed by atoms with Gasteiger partial charge in [0.1, 0.15) is 12.6 Å². The lowest BCUT2D eigenvalue weighted by molar-refractivity contribution is -0.140. The molecule has 0 aromatic heterocycles. The molecule has 7 nitrogen and oxygen atoms in total. The van der Waals surface area contributed by atoms with Gasteiger partial charge < -0.3 is 10.2 Å². The first kappa shape index (κ1) is 32.7. The quantitative estimate of drug-likeness (QED) is 0.238. The van der Waals surface area contributed by atoms with Crippen LogP contribution in [0, 0.1) is 12.8 Å². The second-order valence-corrected chi connectivity index (χ2v) is 13.2. The molecular formula is C30H34Cl3N3O4S. The molecule has 0 aliphatic rings. The van der Waals surface area contributed by atoms with E-state index in [2.05, 4.69) is 5.32 Å². The number of halogens is 3. The maximum absolute atomic E-state index is 14.1. The van der Waals surface area contributed by atoms with Crippen LogP contribution in [0.15, 0.2) is 71.6 Å². The Balaban J connectivity index is 2.08. The third kappa shape index (κ3) is 8.38. The van der Waals surface area contributed by atoms with Crippen LogP contribution < -0.4 is 9.62 Å². The van der Waals surface area contributed by atoms with Gasteiger partial charge in [-0.3, -0.25) is 13.9 Å². The zero-order valence-electron chi connectivity index (χ0n) is 23.4. The highest BCUT2D eigenvalue weighted by Gasteiger charge is 2.34. The summed E-state index contributed by atoms with van der Waals surface area (Å²) in [6.07, 6.45) is 0.311. The molecule has 1 N–H and O–H groups in total. The maximum atomic E-state index is 14.1. The smallest absolute Gasteiger partial charge is 0.264 e. The number of nitrogens with one attached hydrogen (secondary N) is 1. The van der Waals surface area contributed by atoms with E-state index in [9.17, 15) is 18.0 Å². The van der Waals surface area contributed by atoms with Gasteiger partial charge in [0.15, 0.2) is 0 Å². The zero-order chi connectivity index (χ0) is 30.3. The van der Waals surface area contributed by atoms with Gasteiger partial charge in [-0.15, -0.1) is 0 Å². The Bertz CT molecular complexity index is 1460. The lowest BCUT2D eigenvalue weighted by Crippen LogP contribution is -2.52.